The number of nitrogens with one attached hydrogen (secondary N) is 3. The van der Waals surface area contributed by atoms with Crippen LogP contribution in [0.3, 0.4) is 0 Å². The van der Waals surface area contributed by atoms with E-state index in [2.05, 4.69) is 15.3 Å². The van der Waals surface area contributed by atoms with Crippen molar-refractivity contribution in [3.05, 3.63) is 143 Å². The minimum atomic E-state index is -1.62. The lowest BCUT2D eigenvalue weighted by Gasteiger charge is -2.14. The number of nitrogens with zero attached hydrogens (tertiary/aromatic N) is 2. The van der Waals surface area contributed by atoms with Crippen molar-refractivity contribution >= 4 is 73.6 Å². The van der Waals surface area contributed by atoms with Crippen molar-refractivity contribution in [3.63, 3.8) is 0 Å². The van der Waals surface area contributed by atoms with Gasteiger partial charge in [-0.2, -0.15) is 0 Å². The summed E-state index contributed by atoms with van der Waals surface area (Å²) in [4.78, 5) is 16.8. The first kappa shape index (κ1) is 41.5. The van der Waals surface area contributed by atoms with Gasteiger partial charge in [0.05, 0.1) is 28.3 Å². The maximum Gasteiger partial charge on any atom is 0.185 e. The van der Waals surface area contributed by atoms with Crippen LogP contribution in [0, 0.1) is 23.3 Å². The Hall–Kier alpha value is -6.90. The van der Waals surface area contributed by atoms with Gasteiger partial charge >= 0.3 is 0 Å². The highest BCUT2D eigenvalue weighted by Gasteiger charge is 2.30. The average molecular weight is 884 g/mol. The molecule has 8 nitrogen and oxygen atoms in total. The highest BCUT2D eigenvalue weighted by atomic mass is 33.1. The molecule has 0 spiro atoms. The van der Waals surface area contributed by atoms with E-state index in [0.29, 0.717) is 72.8 Å². The Bertz CT molecular complexity index is 3110. The predicted octanol–water partition coefficient (Wildman–Crippen LogP) is 13.2. The van der Waals surface area contributed by atoms with Crippen LogP contribution >= 0.6 is 21.6 Å². The van der Waals surface area contributed by atoms with Crippen LogP contribution in [0.1, 0.15) is 36.1 Å². The Morgan fingerprint density at radius 3 is 1.27 bits per heavy atom. The van der Waals surface area contributed by atoms with Gasteiger partial charge in [0.1, 0.15) is 22.9 Å². The normalized spacial score (nSPS) is 12.0. The first-order valence-electron chi connectivity index (χ1n) is 20.0. The number of hydrogen-bond donors (Lipinski definition) is 6. The Morgan fingerprint density at radius 2 is 0.873 bits per heavy atom. The van der Waals surface area contributed by atoms with Gasteiger partial charge in [0.25, 0.3) is 0 Å². The van der Waals surface area contributed by atoms with E-state index < -0.39 is 34.5 Å². The van der Waals surface area contributed by atoms with Crippen LogP contribution in [0.25, 0.3) is 90.9 Å². The number of fused-ring (bicyclic) bond motifs is 8. The standard InChI is InChI=1S/C49H37F4N5O3S2/c1-2-21-62-63-22-20-54-49-47(52)45(50)44(46(51)48(49)53)43-38-18-16-36(57-38)41(27-7-4-10-30(60)24-27)34-14-12-32(55-34)40(26-6-3-9-29(59)23-26)33-13-15-35(56-33)42(37-17-19-39(43)58-37)28-8-5-11-31(61)25-28/h3-19,23-25,54-55,58-61H,2,20-22H2,1H3. The second-order valence-corrected chi connectivity index (χ2v) is 17.4. The number of H-pyrrole nitrogens is 2. The summed E-state index contributed by atoms with van der Waals surface area (Å²) in [6.07, 6.45) is 7.69. The van der Waals surface area contributed by atoms with Crippen molar-refractivity contribution in [3.8, 4) is 61.8 Å². The minimum Gasteiger partial charge on any atom is -0.508 e. The Morgan fingerprint density at radius 1 is 0.492 bits per heavy atom. The topological polar surface area (TPSA) is 130 Å². The summed E-state index contributed by atoms with van der Waals surface area (Å²) in [5, 5.41) is 34.4. The number of aromatic amines is 2. The number of hydrogen-bond acceptors (Lipinski definition) is 8. The van der Waals surface area contributed by atoms with Gasteiger partial charge in [-0.05, 0) is 108 Å². The molecule has 9 rings (SSSR count). The summed E-state index contributed by atoms with van der Waals surface area (Å²) in [5.41, 5.74) is 4.03. The summed E-state index contributed by atoms with van der Waals surface area (Å²) in [5.74, 6) is -5.10. The second-order valence-electron chi connectivity index (χ2n) is 14.7. The zero-order chi connectivity index (χ0) is 43.8. The fraction of sp³-hybridized carbons (Fsp3) is 0.102. The SMILES string of the molecule is CCCSSCCNc1c(F)c(F)c(-c2c3nc(c(-c4cccc(O)c4)c4ccc([nH]4)c(-c4cccc(O)c4)c4nc(c(-c5cccc(O)c5)c5ccc2[nH]5)C=C4)C=C3)c(F)c1F. The Kier molecular flexibility index (Phi) is 11.5. The molecule has 8 bridgehead atoms. The summed E-state index contributed by atoms with van der Waals surface area (Å²) >= 11 is 0. The van der Waals surface area contributed by atoms with E-state index >= 15 is 17.6 Å². The Balaban J connectivity index is 1.40. The lowest BCUT2D eigenvalue weighted by Crippen LogP contribution is -2.12. The summed E-state index contributed by atoms with van der Waals surface area (Å²) < 4.78 is 65.5. The van der Waals surface area contributed by atoms with E-state index in [0.717, 1.165) is 12.2 Å². The third-order valence-corrected chi connectivity index (χ3v) is 13.1. The van der Waals surface area contributed by atoms with E-state index in [4.69, 9.17) is 9.97 Å². The molecule has 7 aromatic rings. The number of aromatic nitrogens is 4. The zero-order valence-electron chi connectivity index (χ0n) is 33.4. The molecule has 6 N–H and O–H groups in total. The number of aromatic hydroxyl groups is 3. The van der Waals surface area contributed by atoms with Crippen LogP contribution in [0.15, 0.2) is 97.1 Å². The maximum atomic E-state index is 16.7. The van der Waals surface area contributed by atoms with Gasteiger partial charge in [0.2, 0.25) is 0 Å². The van der Waals surface area contributed by atoms with Crippen molar-refractivity contribution < 1.29 is 32.9 Å². The van der Waals surface area contributed by atoms with Gasteiger partial charge in [-0.1, -0.05) is 64.9 Å². The lowest BCUT2D eigenvalue weighted by molar-refractivity contribution is 0.463. The fourth-order valence-corrected chi connectivity index (χ4v) is 9.83. The third kappa shape index (κ3) is 8.03. The smallest absolute Gasteiger partial charge is 0.185 e. The summed E-state index contributed by atoms with van der Waals surface area (Å²) in [6, 6.07) is 26.6. The Labute approximate surface area is 366 Å². The van der Waals surface area contributed by atoms with E-state index in [1.165, 1.54) is 35.1 Å². The van der Waals surface area contributed by atoms with Crippen molar-refractivity contribution in [1.29, 1.82) is 0 Å². The lowest BCUT2D eigenvalue weighted by atomic mass is 10.0. The van der Waals surface area contributed by atoms with E-state index in [1.54, 1.807) is 83.6 Å². The van der Waals surface area contributed by atoms with E-state index in [1.807, 2.05) is 31.2 Å². The molecular weight excluding hydrogens is 847 g/mol. The molecule has 0 saturated carbocycles. The van der Waals surface area contributed by atoms with Crippen LogP contribution in [0.2, 0.25) is 0 Å². The molecule has 63 heavy (non-hydrogen) atoms. The van der Waals surface area contributed by atoms with Crippen LogP contribution < -0.4 is 5.32 Å². The molecule has 2 aliphatic rings. The van der Waals surface area contributed by atoms with Crippen LogP contribution in [-0.2, 0) is 0 Å². The van der Waals surface area contributed by atoms with Gasteiger partial charge < -0.3 is 30.6 Å². The fourth-order valence-electron chi connectivity index (χ4n) is 7.79. The van der Waals surface area contributed by atoms with Crippen LogP contribution in [-0.4, -0.2) is 53.3 Å². The molecule has 3 aromatic heterocycles. The van der Waals surface area contributed by atoms with Crippen molar-refractivity contribution in [1.82, 2.24) is 19.9 Å². The molecule has 2 aliphatic heterocycles. The average Bonchev–Trinajstić information content (AvgIpc) is 4.12. The summed E-state index contributed by atoms with van der Waals surface area (Å²) in [6.45, 7) is 2.09. The van der Waals surface area contributed by atoms with Gasteiger partial charge in [-0.15, -0.1) is 0 Å². The monoisotopic (exact) mass is 883 g/mol. The number of phenolic OH excluding ortho intramolecular Hbond substituents is 3. The minimum absolute atomic E-state index is 0.0174. The highest BCUT2D eigenvalue weighted by Crippen LogP contribution is 2.42. The molecule has 0 atom stereocenters. The molecule has 0 amide bonds. The van der Waals surface area contributed by atoms with Crippen molar-refractivity contribution in [2.45, 2.75) is 13.3 Å². The maximum absolute atomic E-state index is 16.7. The molecule has 14 heteroatoms. The molecule has 0 fully saturated rings. The summed E-state index contributed by atoms with van der Waals surface area (Å²) in [7, 11) is 3.08. The number of halogens is 4. The molecule has 0 saturated heterocycles. The predicted molar refractivity (Wildman–Crippen MR) is 249 cm³/mol. The molecule has 0 aliphatic carbocycles. The number of rotatable bonds is 11. The molecule has 0 radical (unpaired) electrons. The molecule has 316 valence electrons. The van der Waals surface area contributed by atoms with Crippen LogP contribution in [0.5, 0.6) is 17.2 Å². The van der Waals surface area contributed by atoms with E-state index in [9.17, 15) is 15.3 Å². The number of phenols is 3. The first-order chi connectivity index (χ1) is 30.6. The largest absolute Gasteiger partial charge is 0.508 e. The first-order valence-corrected chi connectivity index (χ1v) is 22.5. The molecule has 4 aromatic carbocycles. The van der Waals surface area contributed by atoms with Gasteiger partial charge in [-0.3, -0.25) is 0 Å². The molecule has 5 heterocycles. The van der Waals surface area contributed by atoms with Gasteiger partial charge in [0, 0.05) is 62.4 Å². The van der Waals surface area contributed by atoms with Crippen LogP contribution in [0.4, 0.5) is 23.2 Å². The van der Waals surface area contributed by atoms with Gasteiger partial charge in [-0.25, -0.2) is 27.5 Å². The molecule has 0 unspecified atom stereocenters. The zero-order valence-corrected chi connectivity index (χ0v) is 35.1. The second kappa shape index (κ2) is 17.5. The number of benzene rings is 4. The van der Waals surface area contributed by atoms with Crippen molar-refractivity contribution in [2.75, 3.05) is 23.4 Å². The van der Waals surface area contributed by atoms with Crippen molar-refractivity contribution in [2.24, 2.45) is 0 Å². The van der Waals surface area contributed by atoms with Gasteiger partial charge in [0.15, 0.2) is 23.3 Å². The number of anilines is 1. The highest BCUT2D eigenvalue weighted by molar-refractivity contribution is 8.76. The van der Waals surface area contributed by atoms with E-state index in [-0.39, 0.29) is 40.6 Å². The third-order valence-electron chi connectivity index (χ3n) is 10.5. The molecular formula is C49H37F4N5O3S2. The quantitative estimate of drug-likeness (QED) is 0.0328.